The fraction of sp³-hybridized carbons (Fsp3) is 0.846. The van der Waals surface area contributed by atoms with Crippen LogP contribution in [0.3, 0.4) is 0 Å². The van der Waals surface area contributed by atoms with Gasteiger partial charge in [-0.2, -0.15) is 0 Å². The van der Waals surface area contributed by atoms with Crippen LogP contribution in [-0.4, -0.2) is 60.9 Å². The SMILES string of the molecule is CN1CC(NCC(=O)N2CCCCC2)CCC1=O. The molecule has 5 nitrogen and oxygen atoms in total. The maximum Gasteiger partial charge on any atom is 0.236 e. The number of nitrogens with zero attached hydrogens (tertiary/aromatic N) is 2. The van der Waals surface area contributed by atoms with Gasteiger partial charge in [0, 0.05) is 39.1 Å². The molecule has 2 amide bonds. The summed E-state index contributed by atoms with van der Waals surface area (Å²) in [6.07, 6.45) is 4.94. The van der Waals surface area contributed by atoms with E-state index in [2.05, 4.69) is 5.32 Å². The van der Waals surface area contributed by atoms with E-state index in [9.17, 15) is 9.59 Å². The van der Waals surface area contributed by atoms with Crippen LogP contribution in [0.1, 0.15) is 32.1 Å². The number of amides is 2. The van der Waals surface area contributed by atoms with Gasteiger partial charge in [-0.15, -0.1) is 0 Å². The summed E-state index contributed by atoms with van der Waals surface area (Å²) in [4.78, 5) is 27.0. The zero-order valence-electron chi connectivity index (χ0n) is 11.2. The Labute approximate surface area is 108 Å². The van der Waals surface area contributed by atoms with Crippen LogP contribution < -0.4 is 5.32 Å². The quantitative estimate of drug-likeness (QED) is 0.782. The van der Waals surface area contributed by atoms with Crippen molar-refractivity contribution < 1.29 is 9.59 Å². The Morgan fingerprint density at radius 3 is 2.72 bits per heavy atom. The van der Waals surface area contributed by atoms with Crippen LogP contribution >= 0.6 is 0 Å². The molecule has 102 valence electrons. The zero-order valence-corrected chi connectivity index (χ0v) is 11.2. The molecule has 2 aliphatic heterocycles. The Morgan fingerprint density at radius 2 is 2.06 bits per heavy atom. The highest BCUT2D eigenvalue weighted by Gasteiger charge is 2.24. The molecule has 1 N–H and O–H groups in total. The molecule has 0 aromatic carbocycles. The largest absolute Gasteiger partial charge is 0.344 e. The Balaban J connectivity index is 1.70. The van der Waals surface area contributed by atoms with Gasteiger partial charge in [0.05, 0.1) is 6.54 Å². The lowest BCUT2D eigenvalue weighted by molar-refractivity contribution is -0.132. The Morgan fingerprint density at radius 1 is 1.33 bits per heavy atom. The van der Waals surface area contributed by atoms with Gasteiger partial charge in [0.25, 0.3) is 0 Å². The van der Waals surface area contributed by atoms with Crippen LogP contribution in [0, 0.1) is 0 Å². The molecule has 0 aromatic heterocycles. The highest BCUT2D eigenvalue weighted by molar-refractivity contribution is 5.78. The molecule has 5 heteroatoms. The molecule has 1 atom stereocenters. The molecule has 18 heavy (non-hydrogen) atoms. The van der Waals surface area contributed by atoms with Crippen molar-refractivity contribution in [3.63, 3.8) is 0 Å². The van der Waals surface area contributed by atoms with E-state index in [1.165, 1.54) is 6.42 Å². The average Bonchev–Trinajstić information content (AvgIpc) is 2.41. The van der Waals surface area contributed by atoms with E-state index in [1.54, 1.807) is 4.90 Å². The monoisotopic (exact) mass is 253 g/mol. The predicted molar refractivity (Wildman–Crippen MR) is 69.1 cm³/mol. The van der Waals surface area contributed by atoms with Crippen LogP contribution in [0.25, 0.3) is 0 Å². The summed E-state index contributed by atoms with van der Waals surface area (Å²) < 4.78 is 0. The first-order valence-corrected chi connectivity index (χ1v) is 6.92. The molecule has 2 rings (SSSR count). The third kappa shape index (κ3) is 3.45. The van der Waals surface area contributed by atoms with Crippen molar-refractivity contribution in [2.24, 2.45) is 0 Å². The average molecular weight is 253 g/mol. The van der Waals surface area contributed by atoms with Gasteiger partial charge in [0.1, 0.15) is 0 Å². The molecule has 2 saturated heterocycles. The minimum atomic E-state index is 0.203. The number of nitrogens with one attached hydrogen (secondary N) is 1. The molecule has 0 bridgehead atoms. The number of piperidine rings is 2. The smallest absolute Gasteiger partial charge is 0.236 e. The van der Waals surface area contributed by atoms with Crippen molar-refractivity contribution in [1.29, 1.82) is 0 Å². The number of hydrogen-bond donors (Lipinski definition) is 1. The second-order valence-electron chi connectivity index (χ2n) is 5.33. The molecular formula is C13H23N3O2. The summed E-state index contributed by atoms with van der Waals surface area (Å²) in [6.45, 7) is 2.94. The van der Waals surface area contributed by atoms with Gasteiger partial charge < -0.3 is 15.1 Å². The van der Waals surface area contributed by atoms with Gasteiger partial charge in [-0.25, -0.2) is 0 Å². The minimum absolute atomic E-state index is 0.203. The van der Waals surface area contributed by atoms with Gasteiger partial charge in [-0.3, -0.25) is 9.59 Å². The van der Waals surface area contributed by atoms with E-state index in [4.69, 9.17) is 0 Å². The molecule has 1 unspecified atom stereocenters. The lowest BCUT2D eigenvalue weighted by Crippen LogP contribution is -2.50. The van der Waals surface area contributed by atoms with Crippen molar-refractivity contribution in [3.8, 4) is 0 Å². The summed E-state index contributed by atoms with van der Waals surface area (Å²) in [7, 11) is 1.82. The minimum Gasteiger partial charge on any atom is -0.344 e. The summed E-state index contributed by atoms with van der Waals surface area (Å²) in [6, 6.07) is 0.265. The summed E-state index contributed by atoms with van der Waals surface area (Å²) >= 11 is 0. The van der Waals surface area contributed by atoms with Gasteiger partial charge in [0.2, 0.25) is 11.8 Å². The molecule has 2 aliphatic rings. The number of rotatable bonds is 3. The van der Waals surface area contributed by atoms with Crippen molar-refractivity contribution in [3.05, 3.63) is 0 Å². The van der Waals surface area contributed by atoms with Crippen molar-refractivity contribution in [2.45, 2.75) is 38.1 Å². The number of carbonyl (C=O) groups excluding carboxylic acids is 2. The highest BCUT2D eigenvalue weighted by atomic mass is 16.2. The first kappa shape index (κ1) is 13.3. The van der Waals surface area contributed by atoms with Crippen molar-refractivity contribution >= 4 is 11.8 Å². The Bertz CT molecular complexity index is 313. The van der Waals surface area contributed by atoms with E-state index in [0.717, 1.165) is 32.4 Å². The fourth-order valence-corrected chi connectivity index (χ4v) is 2.67. The summed E-state index contributed by atoms with van der Waals surface area (Å²) in [5.74, 6) is 0.407. The van der Waals surface area contributed by atoms with Crippen LogP contribution in [-0.2, 0) is 9.59 Å². The first-order chi connectivity index (χ1) is 8.66. The second-order valence-corrected chi connectivity index (χ2v) is 5.33. The maximum atomic E-state index is 12.0. The molecule has 0 radical (unpaired) electrons. The lowest BCUT2D eigenvalue weighted by Gasteiger charge is -2.31. The zero-order chi connectivity index (χ0) is 13.0. The molecular weight excluding hydrogens is 230 g/mol. The Hall–Kier alpha value is -1.10. The maximum absolute atomic E-state index is 12.0. The molecule has 2 fully saturated rings. The topological polar surface area (TPSA) is 52.7 Å². The van der Waals surface area contributed by atoms with E-state index in [1.807, 2.05) is 11.9 Å². The molecule has 0 spiro atoms. The number of likely N-dealkylation sites (tertiary alicyclic amines) is 2. The Kier molecular flexibility index (Phi) is 4.58. The number of carbonyl (C=O) groups is 2. The summed E-state index contributed by atoms with van der Waals surface area (Å²) in [5.41, 5.74) is 0. The van der Waals surface area contributed by atoms with Gasteiger partial charge in [-0.05, 0) is 25.7 Å². The first-order valence-electron chi connectivity index (χ1n) is 6.92. The van der Waals surface area contributed by atoms with Crippen LogP contribution in [0.4, 0.5) is 0 Å². The van der Waals surface area contributed by atoms with E-state index >= 15 is 0 Å². The van der Waals surface area contributed by atoms with E-state index in [-0.39, 0.29) is 17.9 Å². The number of hydrogen-bond acceptors (Lipinski definition) is 3. The van der Waals surface area contributed by atoms with Crippen LogP contribution in [0.2, 0.25) is 0 Å². The molecule has 0 aromatic rings. The predicted octanol–water partition coefficient (Wildman–Crippen LogP) is 0.209. The van der Waals surface area contributed by atoms with Gasteiger partial charge in [-0.1, -0.05) is 0 Å². The van der Waals surface area contributed by atoms with Crippen molar-refractivity contribution in [1.82, 2.24) is 15.1 Å². The highest BCUT2D eigenvalue weighted by Crippen LogP contribution is 2.11. The standard InChI is InChI=1S/C13H23N3O2/c1-15-10-11(5-6-12(15)17)14-9-13(18)16-7-3-2-4-8-16/h11,14H,2-10H2,1H3. The van der Waals surface area contributed by atoms with E-state index < -0.39 is 0 Å². The lowest BCUT2D eigenvalue weighted by atomic mass is 10.1. The van der Waals surface area contributed by atoms with E-state index in [0.29, 0.717) is 19.5 Å². The fourth-order valence-electron chi connectivity index (χ4n) is 2.67. The van der Waals surface area contributed by atoms with Gasteiger partial charge in [0.15, 0.2) is 0 Å². The molecule has 0 aliphatic carbocycles. The third-order valence-electron chi connectivity index (χ3n) is 3.88. The van der Waals surface area contributed by atoms with Crippen LogP contribution in [0.15, 0.2) is 0 Å². The number of likely N-dealkylation sites (N-methyl/N-ethyl adjacent to an activating group) is 1. The third-order valence-corrected chi connectivity index (χ3v) is 3.88. The van der Waals surface area contributed by atoms with Crippen LogP contribution in [0.5, 0.6) is 0 Å². The summed E-state index contributed by atoms with van der Waals surface area (Å²) in [5, 5.41) is 3.28. The molecule has 2 heterocycles. The molecule has 0 saturated carbocycles. The second kappa shape index (κ2) is 6.18. The normalized spacial score (nSPS) is 25.4. The van der Waals surface area contributed by atoms with Gasteiger partial charge >= 0.3 is 0 Å². The van der Waals surface area contributed by atoms with Crippen molar-refractivity contribution in [2.75, 3.05) is 33.2 Å².